The van der Waals surface area contributed by atoms with Crippen molar-refractivity contribution >= 4 is 0 Å². The Morgan fingerprint density at radius 3 is 1.71 bits per heavy atom. The fourth-order valence-electron chi connectivity index (χ4n) is 0. The molecule has 0 bridgehead atoms. The van der Waals surface area contributed by atoms with Gasteiger partial charge in [-0.15, -0.1) is 0 Å². The third kappa shape index (κ3) is 2.52. The fraction of sp³-hybridized carbons (Fsp3) is 1.00. The topological polar surface area (TPSA) is 86.7 Å². The quantitative estimate of drug-likeness (QED) is 0.291. The van der Waals surface area contributed by atoms with Gasteiger partial charge in [0.25, 0.3) is 0 Å². The number of aliphatic hydroxyl groups excluding tert-OH is 1. The molecule has 44 valence electrons. The van der Waals surface area contributed by atoms with Crippen LogP contribution in [0.15, 0.2) is 0 Å². The van der Waals surface area contributed by atoms with Crippen LogP contribution in [0.5, 0.6) is 0 Å². The maximum Gasteiger partial charge on any atom is 0.200 e. The van der Waals surface area contributed by atoms with Crippen molar-refractivity contribution in [3.05, 3.63) is 0 Å². The lowest BCUT2D eigenvalue weighted by atomic mass is 10.3. The molecule has 0 amide bonds. The SMILES string of the molecule is CC(O)(O)C(N)O. The predicted octanol–water partition coefficient (Wildman–Crippen LogP) is -2.04. The van der Waals surface area contributed by atoms with Crippen molar-refractivity contribution in [2.75, 3.05) is 0 Å². The second-order valence-corrected chi connectivity index (χ2v) is 1.54. The fourth-order valence-corrected chi connectivity index (χ4v) is 0. The van der Waals surface area contributed by atoms with Gasteiger partial charge in [0.2, 0.25) is 0 Å². The van der Waals surface area contributed by atoms with Gasteiger partial charge in [-0.1, -0.05) is 0 Å². The highest BCUT2D eigenvalue weighted by Gasteiger charge is 2.22. The lowest BCUT2D eigenvalue weighted by Crippen LogP contribution is -2.45. The molecule has 4 nitrogen and oxygen atoms in total. The zero-order chi connectivity index (χ0) is 6.08. The molecule has 7 heavy (non-hydrogen) atoms. The minimum atomic E-state index is -2.17. The van der Waals surface area contributed by atoms with E-state index in [0.29, 0.717) is 0 Å². The van der Waals surface area contributed by atoms with Crippen LogP contribution in [-0.2, 0) is 0 Å². The third-order valence-corrected chi connectivity index (χ3v) is 0.560. The van der Waals surface area contributed by atoms with Crippen molar-refractivity contribution in [3.63, 3.8) is 0 Å². The summed E-state index contributed by atoms with van der Waals surface area (Å²) >= 11 is 0. The molecule has 0 spiro atoms. The minimum Gasteiger partial charge on any atom is -0.373 e. The third-order valence-electron chi connectivity index (χ3n) is 0.560. The molecular formula is C3H9NO3. The summed E-state index contributed by atoms with van der Waals surface area (Å²) in [5.74, 6) is -2.17. The van der Waals surface area contributed by atoms with Crippen molar-refractivity contribution in [3.8, 4) is 0 Å². The van der Waals surface area contributed by atoms with Crippen molar-refractivity contribution < 1.29 is 15.3 Å². The Bertz CT molecular complexity index is 55.7. The normalized spacial score (nSPS) is 16.7. The summed E-state index contributed by atoms with van der Waals surface area (Å²) in [4.78, 5) is 0. The smallest absolute Gasteiger partial charge is 0.200 e. The number of nitrogens with two attached hydrogens (primary N) is 1. The van der Waals surface area contributed by atoms with Crippen LogP contribution in [0.4, 0.5) is 0 Å². The Kier molecular flexibility index (Phi) is 1.71. The monoisotopic (exact) mass is 107 g/mol. The van der Waals surface area contributed by atoms with E-state index < -0.39 is 12.0 Å². The van der Waals surface area contributed by atoms with E-state index in [9.17, 15) is 0 Å². The number of hydrogen-bond donors (Lipinski definition) is 4. The van der Waals surface area contributed by atoms with E-state index >= 15 is 0 Å². The van der Waals surface area contributed by atoms with E-state index in [1.54, 1.807) is 0 Å². The molecule has 0 fully saturated rings. The van der Waals surface area contributed by atoms with Gasteiger partial charge >= 0.3 is 0 Å². The number of hydrogen-bond acceptors (Lipinski definition) is 4. The largest absolute Gasteiger partial charge is 0.373 e. The molecule has 0 aliphatic heterocycles. The van der Waals surface area contributed by atoms with E-state index in [1.165, 1.54) is 0 Å². The maximum atomic E-state index is 8.28. The van der Waals surface area contributed by atoms with Gasteiger partial charge in [-0.2, -0.15) is 0 Å². The first-order chi connectivity index (χ1) is 2.94. The van der Waals surface area contributed by atoms with Crippen LogP contribution < -0.4 is 5.73 Å². The Morgan fingerprint density at radius 1 is 1.57 bits per heavy atom. The standard InChI is InChI=1S/C3H9NO3/c1-3(6,7)2(4)5/h2,5-7H,4H2,1H3. The van der Waals surface area contributed by atoms with E-state index in [4.69, 9.17) is 15.3 Å². The van der Waals surface area contributed by atoms with Gasteiger partial charge in [0.05, 0.1) is 0 Å². The minimum absolute atomic E-state index is 0.998. The van der Waals surface area contributed by atoms with Gasteiger partial charge in [-0.05, 0) is 6.92 Å². The molecular weight excluding hydrogens is 98.0 g/mol. The molecule has 5 N–H and O–H groups in total. The maximum absolute atomic E-state index is 8.28. The van der Waals surface area contributed by atoms with E-state index in [-0.39, 0.29) is 0 Å². The van der Waals surface area contributed by atoms with E-state index in [1.807, 2.05) is 0 Å². The molecule has 0 radical (unpaired) electrons. The second kappa shape index (κ2) is 1.75. The zero-order valence-corrected chi connectivity index (χ0v) is 4.00. The van der Waals surface area contributed by atoms with E-state index in [0.717, 1.165) is 6.92 Å². The summed E-state index contributed by atoms with van der Waals surface area (Å²) in [6.07, 6.45) is -1.59. The summed E-state index contributed by atoms with van der Waals surface area (Å²) in [5.41, 5.74) is 4.62. The predicted molar refractivity (Wildman–Crippen MR) is 23.0 cm³/mol. The summed E-state index contributed by atoms with van der Waals surface area (Å²) in [5, 5.41) is 24.7. The summed E-state index contributed by atoms with van der Waals surface area (Å²) in [6.45, 7) is 0.998. The Morgan fingerprint density at radius 2 is 1.71 bits per heavy atom. The number of rotatable bonds is 1. The molecule has 0 saturated carbocycles. The van der Waals surface area contributed by atoms with Gasteiger partial charge in [-0.3, -0.25) is 0 Å². The molecule has 0 rings (SSSR count). The highest BCUT2D eigenvalue weighted by atomic mass is 16.5. The van der Waals surface area contributed by atoms with Gasteiger partial charge in [0.1, 0.15) is 0 Å². The summed E-state index contributed by atoms with van der Waals surface area (Å²) < 4.78 is 0. The van der Waals surface area contributed by atoms with Crippen LogP contribution in [-0.4, -0.2) is 27.3 Å². The average Bonchev–Trinajstić information content (AvgIpc) is 1.31. The highest BCUT2D eigenvalue weighted by Crippen LogP contribution is 1.96. The zero-order valence-electron chi connectivity index (χ0n) is 4.00. The Balaban J connectivity index is 3.54. The number of aliphatic hydroxyl groups is 3. The Labute approximate surface area is 41.2 Å². The lowest BCUT2D eigenvalue weighted by molar-refractivity contribution is -0.209. The molecule has 4 heteroatoms. The molecule has 0 aliphatic rings. The first kappa shape index (κ1) is 6.84. The lowest BCUT2D eigenvalue weighted by Gasteiger charge is -2.17. The average molecular weight is 107 g/mol. The van der Waals surface area contributed by atoms with Crippen LogP contribution in [0.3, 0.4) is 0 Å². The molecule has 0 saturated heterocycles. The van der Waals surface area contributed by atoms with Crippen LogP contribution in [0.1, 0.15) is 6.92 Å². The highest BCUT2D eigenvalue weighted by molar-refractivity contribution is 4.60. The van der Waals surface area contributed by atoms with Gasteiger partial charge < -0.3 is 21.1 Å². The first-order valence-corrected chi connectivity index (χ1v) is 1.83. The van der Waals surface area contributed by atoms with Crippen LogP contribution in [0, 0.1) is 0 Å². The van der Waals surface area contributed by atoms with Crippen molar-refractivity contribution in [2.45, 2.75) is 18.9 Å². The summed E-state index contributed by atoms with van der Waals surface area (Å²) in [6, 6.07) is 0. The summed E-state index contributed by atoms with van der Waals surface area (Å²) in [7, 11) is 0. The van der Waals surface area contributed by atoms with Gasteiger partial charge in [-0.25, -0.2) is 0 Å². The van der Waals surface area contributed by atoms with Gasteiger partial charge in [0.15, 0.2) is 12.0 Å². The van der Waals surface area contributed by atoms with Crippen LogP contribution in [0.2, 0.25) is 0 Å². The first-order valence-electron chi connectivity index (χ1n) is 1.83. The van der Waals surface area contributed by atoms with Crippen molar-refractivity contribution in [1.29, 1.82) is 0 Å². The Hall–Kier alpha value is -0.160. The molecule has 0 heterocycles. The molecule has 0 aromatic carbocycles. The molecule has 0 aromatic heterocycles. The molecule has 0 aliphatic carbocycles. The molecule has 1 unspecified atom stereocenters. The molecule has 0 aromatic rings. The van der Waals surface area contributed by atoms with Gasteiger partial charge in [0, 0.05) is 0 Å². The van der Waals surface area contributed by atoms with Crippen LogP contribution >= 0.6 is 0 Å². The van der Waals surface area contributed by atoms with E-state index in [2.05, 4.69) is 5.73 Å². The van der Waals surface area contributed by atoms with Crippen LogP contribution in [0.25, 0.3) is 0 Å². The molecule has 1 atom stereocenters. The van der Waals surface area contributed by atoms with Crippen molar-refractivity contribution in [2.24, 2.45) is 5.73 Å². The van der Waals surface area contributed by atoms with Crippen molar-refractivity contribution in [1.82, 2.24) is 0 Å². The second-order valence-electron chi connectivity index (χ2n) is 1.54.